The van der Waals surface area contributed by atoms with Crippen LogP contribution in [-0.4, -0.2) is 6.21 Å². The van der Waals surface area contributed by atoms with E-state index in [-0.39, 0.29) is 5.92 Å². The summed E-state index contributed by atoms with van der Waals surface area (Å²) < 4.78 is 65.1. The minimum atomic E-state index is -2.19. The molecule has 1 atom stereocenters. The molecule has 1 rings (SSSR count). The van der Waals surface area contributed by atoms with Crippen molar-refractivity contribution in [1.82, 2.24) is 0 Å². The maximum Gasteiger partial charge on any atom is 0.200 e. The van der Waals surface area contributed by atoms with Crippen LogP contribution in [0.25, 0.3) is 0 Å². The second-order valence-corrected chi connectivity index (χ2v) is 4.34. The van der Waals surface area contributed by atoms with E-state index in [1.807, 2.05) is 13.8 Å². The predicted molar refractivity (Wildman–Crippen MR) is 63.6 cm³/mol. The first kappa shape index (κ1) is 16.4. The number of nitrogens with zero attached hydrogens (tertiary/aromatic N) is 1. The molecule has 1 aromatic rings. The van der Waals surface area contributed by atoms with Crippen molar-refractivity contribution in [3.05, 3.63) is 34.6 Å². The van der Waals surface area contributed by atoms with Gasteiger partial charge in [0.05, 0.1) is 5.56 Å². The third kappa shape index (κ3) is 3.68. The van der Waals surface area contributed by atoms with Crippen LogP contribution in [0.4, 0.5) is 22.0 Å². The van der Waals surface area contributed by atoms with Gasteiger partial charge in [-0.1, -0.05) is 25.4 Å². The Balaban J connectivity index is 2.79. The maximum atomic E-state index is 13.3. The van der Waals surface area contributed by atoms with Crippen LogP contribution in [0, 0.1) is 35.0 Å². The molecule has 1 aromatic carbocycles. The van der Waals surface area contributed by atoms with E-state index in [1.54, 1.807) is 0 Å². The molecular weight excluding hydrogens is 281 g/mol. The van der Waals surface area contributed by atoms with Crippen LogP contribution in [-0.2, 0) is 11.4 Å². The zero-order chi connectivity index (χ0) is 15.3. The fraction of sp³-hybridized carbons (Fsp3) is 0.462. The zero-order valence-corrected chi connectivity index (χ0v) is 11.0. The molecule has 0 bridgehead atoms. The largest absolute Gasteiger partial charge is 0.391 e. The molecule has 0 heterocycles. The average Bonchev–Trinajstić information content (AvgIpc) is 2.42. The lowest BCUT2D eigenvalue weighted by atomic mass is 10.1. The van der Waals surface area contributed by atoms with Crippen molar-refractivity contribution in [2.24, 2.45) is 11.1 Å². The van der Waals surface area contributed by atoms with E-state index in [4.69, 9.17) is 0 Å². The fourth-order valence-electron chi connectivity index (χ4n) is 1.56. The lowest BCUT2D eigenvalue weighted by molar-refractivity contribution is 0.123. The topological polar surface area (TPSA) is 21.6 Å². The Morgan fingerprint density at radius 1 is 1.00 bits per heavy atom. The van der Waals surface area contributed by atoms with Crippen molar-refractivity contribution in [3.63, 3.8) is 0 Å². The summed E-state index contributed by atoms with van der Waals surface area (Å²) in [6.45, 7) is 3.00. The summed E-state index contributed by atoms with van der Waals surface area (Å²) in [7, 11) is 0. The van der Waals surface area contributed by atoms with Gasteiger partial charge >= 0.3 is 0 Å². The number of halogens is 5. The highest BCUT2D eigenvalue weighted by atomic mass is 19.2. The van der Waals surface area contributed by atoms with Crippen molar-refractivity contribution in [2.45, 2.75) is 33.3 Å². The van der Waals surface area contributed by atoms with Gasteiger partial charge in [0.15, 0.2) is 23.3 Å². The van der Waals surface area contributed by atoms with Crippen LogP contribution >= 0.6 is 0 Å². The van der Waals surface area contributed by atoms with E-state index in [0.717, 1.165) is 12.8 Å². The molecule has 20 heavy (non-hydrogen) atoms. The van der Waals surface area contributed by atoms with Crippen LogP contribution in [0.5, 0.6) is 0 Å². The normalized spacial score (nSPS) is 12.9. The molecule has 0 aromatic heterocycles. The summed E-state index contributed by atoms with van der Waals surface area (Å²) in [6, 6.07) is 0. The minimum Gasteiger partial charge on any atom is -0.391 e. The van der Waals surface area contributed by atoms with Crippen molar-refractivity contribution < 1.29 is 26.8 Å². The third-order valence-corrected chi connectivity index (χ3v) is 2.64. The quantitative estimate of drug-likeness (QED) is 0.252. The summed E-state index contributed by atoms with van der Waals surface area (Å²) in [6.07, 6.45) is 3.18. The molecule has 0 amide bonds. The standard InChI is InChI=1S/C13H14F5NO/c1-3-4-7(2)5-19-20-6-8-9(14)11(16)13(18)12(17)10(8)15/h5,7H,3-4,6H2,1-2H3/b19-5-. The van der Waals surface area contributed by atoms with Gasteiger partial charge < -0.3 is 4.84 Å². The van der Waals surface area contributed by atoms with Gasteiger partial charge in [0, 0.05) is 6.21 Å². The SMILES string of the molecule is CCCC(C)/C=N\OCc1c(F)c(F)c(F)c(F)c1F. The first-order chi connectivity index (χ1) is 9.40. The molecule has 0 saturated carbocycles. The smallest absolute Gasteiger partial charge is 0.200 e. The van der Waals surface area contributed by atoms with Gasteiger partial charge in [0.1, 0.15) is 6.61 Å². The fourth-order valence-corrected chi connectivity index (χ4v) is 1.56. The second-order valence-electron chi connectivity index (χ2n) is 4.34. The molecule has 112 valence electrons. The van der Waals surface area contributed by atoms with Crippen LogP contribution in [0.2, 0.25) is 0 Å². The minimum absolute atomic E-state index is 0.0939. The van der Waals surface area contributed by atoms with Gasteiger partial charge in [-0.3, -0.25) is 0 Å². The molecule has 0 N–H and O–H groups in total. The number of rotatable bonds is 6. The highest BCUT2D eigenvalue weighted by molar-refractivity contribution is 5.59. The van der Waals surface area contributed by atoms with Crippen LogP contribution in [0.1, 0.15) is 32.3 Å². The second kappa shape index (κ2) is 7.21. The third-order valence-electron chi connectivity index (χ3n) is 2.64. The lowest BCUT2D eigenvalue weighted by Crippen LogP contribution is -2.08. The number of oxime groups is 1. The molecule has 0 saturated heterocycles. The molecule has 2 nitrogen and oxygen atoms in total. The molecule has 1 unspecified atom stereocenters. The lowest BCUT2D eigenvalue weighted by Gasteiger charge is -2.07. The van der Waals surface area contributed by atoms with Gasteiger partial charge in [-0.2, -0.15) is 0 Å². The summed E-state index contributed by atoms with van der Waals surface area (Å²) in [4.78, 5) is 4.58. The molecule has 0 aliphatic carbocycles. The van der Waals surface area contributed by atoms with E-state index < -0.39 is 41.3 Å². The van der Waals surface area contributed by atoms with Gasteiger partial charge in [0.25, 0.3) is 0 Å². The monoisotopic (exact) mass is 295 g/mol. The molecule has 0 aliphatic heterocycles. The first-order valence-corrected chi connectivity index (χ1v) is 6.05. The van der Waals surface area contributed by atoms with E-state index >= 15 is 0 Å². The Kier molecular flexibility index (Phi) is 5.91. The summed E-state index contributed by atoms with van der Waals surface area (Å²) in [5.74, 6) is -9.90. The summed E-state index contributed by atoms with van der Waals surface area (Å²) in [5, 5.41) is 3.45. The van der Waals surface area contributed by atoms with Crippen LogP contribution in [0.3, 0.4) is 0 Å². The maximum absolute atomic E-state index is 13.3. The van der Waals surface area contributed by atoms with E-state index in [0.29, 0.717) is 0 Å². The van der Waals surface area contributed by atoms with Crippen molar-refractivity contribution >= 4 is 6.21 Å². The van der Waals surface area contributed by atoms with Gasteiger partial charge in [-0.05, 0) is 12.3 Å². The highest BCUT2D eigenvalue weighted by Crippen LogP contribution is 2.23. The molecule has 7 heteroatoms. The Morgan fingerprint density at radius 2 is 1.50 bits per heavy atom. The van der Waals surface area contributed by atoms with Gasteiger partial charge in [-0.25, -0.2) is 22.0 Å². The number of hydrogen-bond donors (Lipinski definition) is 0. The molecule has 0 radical (unpaired) electrons. The van der Waals surface area contributed by atoms with Crippen LogP contribution in [0.15, 0.2) is 5.16 Å². The highest BCUT2D eigenvalue weighted by Gasteiger charge is 2.25. The van der Waals surface area contributed by atoms with E-state index in [1.165, 1.54) is 6.21 Å². The average molecular weight is 295 g/mol. The summed E-state index contributed by atoms with van der Waals surface area (Å²) >= 11 is 0. The van der Waals surface area contributed by atoms with E-state index in [2.05, 4.69) is 9.99 Å². The zero-order valence-electron chi connectivity index (χ0n) is 11.0. The molecule has 0 fully saturated rings. The van der Waals surface area contributed by atoms with Crippen LogP contribution < -0.4 is 0 Å². The Labute approximate surface area is 113 Å². The molecule has 0 spiro atoms. The van der Waals surface area contributed by atoms with Crippen molar-refractivity contribution in [1.29, 1.82) is 0 Å². The summed E-state index contributed by atoms with van der Waals surface area (Å²) in [5.41, 5.74) is -1.04. The number of benzene rings is 1. The Hall–Kier alpha value is -1.66. The van der Waals surface area contributed by atoms with Crippen molar-refractivity contribution in [3.8, 4) is 0 Å². The number of hydrogen-bond acceptors (Lipinski definition) is 2. The first-order valence-electron chi connectivity index (χ1n) is 6.05. The van der Waals surface area contributed by atoms with E-state index in [9.17, 15) is 22.0 Å². The molecular formula is C13H14F5NO. The van der Waals surface area contributed by atoms with Gasteiger partial charge in [-0.15, -0.1) is 0 Å². The molecule has 0 aliphatic rings. The van der Waals surface area contributed by atoms with Gasteiger partial charge in [0.2, 0.25) is 5.82 Å². The van der Waals surface area contributed by atoms with Crippen molar-refractivity contribution in [2.75, 3.05) is 0 Å². The predicted octanol–water partition coefficient (Wildman–Crippen LogP) is 4.32. The Bertz CT molecular complexity index is 475. The Morgan fingerprint density at radius 3 is 2.00 bits per heavy atom.